The standard InChI is InChI=1S/C24H28N2O6/c1-29-18-8-10-19(11-9-18)31-14-4-7-23(27)26-17-22(24(28)25-12-15-30-16-13-25)32-21-6-3-2-5-20(21)26/h2-3,5-6,8-11,22H,4,7,12-17H2,1H3/t22-/m1/s1. The lowest BCUT2D eigenvalue weighted by Crippen LogP contribution is -2.54. The van der Waals surface area contributed by atoms with Crippen molar-refractivity contribution in [3.05, 3.63) is 48.5 Å². The Bertz CT molecular complexity index is 926. The Morgan fingerprint density at radius 2 is 1.75 bits per heavy atom. The van der Waals surface area contributed by atoms with E-state index in [1.54, 1.807) is 23.0 Å². The summed E-state index contributed by atoms with van der Waals surface area (Å²) in [5.74, 6) is 1.88. The molecule has 0 bridgehead atoms. The summed E-state index contributed by atoms with van der Waals surface area (Å²) in [6, 6.07) is 14.7. The second-order valence-corrected chi connectivity index (χ2v) is 7.64. The van der Waals surface area contributed by atoms with Crippen LogP contribution in [0.1, 0.15) is 12.8 Å². The van der Waals surface area contributed by atoms with Crippen molar-refractivity contribution in [2.45, 2.75) is 18.9 Å². The minimum Gasteiger partial charge on any atom is -0.497 e. The zero-order valence-corrected chi connectivity index (χ0v) is 18.2. The van der Waals surface area contributed by atoms with E-state index in [-0.39, 0.29) is 18.4 Å². The van der Waals surface area contributed by atoms with Crippen LogP contribution in [0.25, 0.3) is 0 Å². The Morgan fingerprint density at radius 3 is 2.50 bits per heavy atom. The van der Waals surface area contributed by atoms with Crippen LogP contribution >= 0.6 is 0 Å². The van der Waals surface area contributed by atoms with Gasteiger partial charge in [-0.25, -0.2) is 0 Å². The van der Waals surface area contributed by atoms with Gasteiger partial charge in [0.15, 0.2) is 6.10 Å². The molecule has 1 atom stereocenters. The van der Waals surface area contributed by atoms with Gasteiger partial charge in [-0.3, -0.25) is 9.59 Å². The highest BCUT2D eigenvalue weighted by atomic mass is 16.5. The first-order chi connectivity index (χ1) is 15.7. The molecule has 1 saturated heterocycles. The van der Waals surface area contributed by atoms with E-state index in [4.69, 9.17) is 18.9 Å². The Morgan fingerprint density at radius 1 is 1.03 bits per heavy atom. The second-order valence-electron chi connectivity index (χ2n) is 7.64. The normalized spacial score (nSPS) is 17.8. The van der Waals surface area contributed by atoms with E-state index < -0.39 is 6.10 Å². The number of morpholine rings is 1. The summed E-state index contributed by atoms with van der Waals surface area (Å²) in [4.78, 5) is 29.4. The van der Waals surface area contributed by atoms with E-state index in [2.05, 4.69) is 0 Å². The summed E-state index contributed by atoms with van der Waals surface area (Å²) in [7, 11) is 1.62. The van der Waals surface area contributed by atoms with Gasteiger partial charge < -0.3 is 28.7 Å². The number of nitrogens with zero attached hydrogens (tertiary/aromatic N) is 2. The predicted molar refractivity (Wildman–Crippen MR) is 118 cm³/mol. The number of hydrogen-bond donors (Lipinski definition) is 0. The van der Waals surface area contributed by atoms with Crippen molar-refractivity contribution < 1.29 is 28.5 Å². The molecule has 0 radical (unpaired) electrons. The Balaban J connectivity index is 1.35. The maximum absolute atomic E-state index is 13.1. The topological polar surface area (TPSA) is 77.5 Å². The van der Waals surface area contributed by atoms with Crippen LogP contribution in [0.2, 0.25) is 0 Å². The molecule has 2 heterocycles. The van der Waals surface area contributed by atoms with Crippen molar-refractivity contribution in [2.24, 2.45) is 0 Å². The maximum Gasteiger partial charge on any atom is 0.265 e. The third kappa shape index (κ3) is 5.13. The molecule has 170 valence electrons. The molecule has 0 unspecified atom stereocenters. The molecule has 32 heavy (non-hydrogen) atoms. The third-order valence-corrected chi connectivity index (χ3v) is 5.54. The molecule has 1 fully saturated rings. The number of rotatable bonds is 7. The number of amides is 2. The molecule has 4 rings (SSSR count). The molecule has 2 aromatic carbocycles. The predicted octanol–water partition coefficient (Wildman–Crippen LogP) is 2.51. The first-order valence-electron chi connectivity index (χ1n) is 10.8. The summed E-state index contributed by atoms with van der Waals surface area (Å²) in [5, 5.41) is 0. The van der Waals surface area contributed by atoms with Crippen molar-refractivity contribution in [3.63, 3.8) is 0 Å². The fraction of sp³-hybridized carbons (Fsp3) is 0.417. The van der Waals surface area contributed by atoms with Crippen LogP contribution in [-0.4, -0.2) is 69.4 Å². The minimum absolute atomic E-state index is 0.0566. The summed E-state index contributed by atoms with van der Waals surface area (Å²) in [6.07, 6.45) is 0.151. The average molecular weight is 440 g/mol. The summed E-state index contributed by atoms with van der Waals surface area (Å²) >= 11 is 0. The summed E-state index contributed by atoms with van der Waals surface area (Å²) in [5.41, 5.74) is 0.694. The van der Waals surface area contributed by atoms with E-state index in [1.165, 1.54) is 0 Å². The monoisotopic (exact) mass is 440 g/mol. The van der Waals surface area contributed by atoms with Crippen molar-refractivity contribution in [1.82, 2.24) is 4.90 Å². The van der Waals surface area contributed by atoms with Gasteiger partial charge in [-0.1, -0.05) is 12.1 Å². The number of fused-ring (bicyclic) bond motifs is 1. The highest BCUT2D eigenvalue weighted by Gasteiger charge is 2.36. The molecular formula is C24H28N2O6. The highest BCUT2D eigenvalue weighted by molar-refractivity contribution is 5.97. The molecule has 2 aromatic rings. The highest BCUT2D eigenvalue weighted by Crippen LogP contribution is 2.34. The fourth-order valence-corrected chi connectivity index (χ4v) is 3.81. The lowest BCUT2D eigenvalue weighted by molar-refractivity contribution is -0.142. The van der Waals surface area contributed by atoms with E-state index in [1.807, 2.05) is 42.5 Å². The Labute approximate surface area is 187 Å². The smallest absolute Gasteiger partial charge is 0.265 e. The van der Waals surface area contributed by atoms with Crippen molar-refractivity contribution in [3.8, 4) is 17.2 Å². The van der Waals surface area contributed by atoms with E-state index >= 15 is 0 Å². The van der Waals surface area contributed by atoms with Gasteiger partial charge in [0.05, 0.1) is 39.2 Å². The van der Waals surface area contributed by atoms with Gasteiger partial charge in [-0.05, 0) is 42.8 Å². The van der Waals surface area contributed by atoms with Gasteiger partial charge in [0.1, 0.15) is 17.2 Å². The molecule has 2 aliphatic heterocycles. The van der Waals surface area contributed by atoms with Crippen LogP contribution in [0.3, 0.4) is 0 Å². The number of anilines is 1. The molecule has 0 saturated carbocycles. The zero-order chi connectivity index (χ0) is 22.3. The van der Waals surface area contributed by atoms with Gasteiger partial charge in [0, 0.05) is 19.5 Å². The van der Waals surface area contributed by atoms with Crippen LogP contribution in [0.5, 0.6) is 17.2 Å². The first kappa shape index (κ1) is 22.0. The van der Waals surface area contributed by atoms with E-state index in [0.717, 1.165) is 11.5 Å². The number of ether oxygens (including phenoxy) is 4. The van der Waals surface area contributed by atoms with E-state index in [0.29, 0.717) is 57.2 Å². The molecular weight excluding hydrogens is 412 g/mol. The number of methoxy groups -OCH3 is 1. The van der Waals surface area contributed by atoms with Crippen LogP contribution in [0.4, 0.5) is 5.69 Å². The number of benzene rings is 2. The second kappa shape index (κ2) is 10.4. The fourth-order valence-electron chi connectivity index (χ4n) is 3.81. The maximum atomic E-state index is 13.1. The number of hydrogen-bond acceptors (Lipinski definition) is 6. The van der Waals surface area contributed by atoms with E-state index in [9.17, 15) is 9.59 Å². The molecule has 0 aliphatic carbocycles. The number of carbonyl (C=O) groups excluding carboxylic acids is 2. The van der Waals surface area contributed by atoms with Crippen molar-refractivity contribution in [1.29, 1.82) is 0 Å². The molecule has 2 amide bonds. The average Bonchev–Trinajstić information content (AvgIpc) is 2.86. The molecule has 0 N–H and O–H groups in total. The van der Waals surface area contributed by atoms with Crippen LogP contribution in [-0.2, 0) is 14.3 Å². The zero-order valence-electron chi connectivity index (χ0n) is 18.2. The van der Waals surface area contributed by atoms with Crippen molar-refractivity contribution >= 4 is 17.5 Å². The largest absolute Gasteiger partial charge is 0.497 e. The minimum atomic E-state index is -0.720. The van der Waals surface area contributed by atoms with Crippen LogP contribution in [0, 0.1) is 0 Å². The quantitative estimate of drug-likeness (QED) is 0.616. The van der Waals surface area contributed by atoms with Gasteiger partial charge in [0.25, 0.3) is 5.91 Å². The number of carbonyl (C=O) groups is 2. The van der Waals surface area contributed by atoms with Gasteiger partial charge in [-0.15, -0.1) is 0 Å². The summed E-state index contributed by atoms with van der Waals surface area (Å²) in [6.45, 7) is 2.73. The van der Waals surface area contributed by atoms with Crippen LogP contribution < -0.4 is 19.1 Å². The molecule has 8 heteroatoms. The Hall–Kier alpha value is -3.26. The van der Waals surface area contributed by atoms with Gasteiger partial charge >= 0.3 is 0 Å². The summed E-state index contributed by atoms with van der Waals surface area (Å²) < 4.78 is 22.2. The Kier molecular flexibility index (Phi) is 7.11. The molecule has 2 aliphatic rings. The van der Waals surface area contributed by atoms with Gasteiger partial charge in [0.2, 0.25) is 5.91 Å². The molecule has 0 spiro atoms. The lowest BCUT2D eigenvalue weighted by atomic mass is 10.1. The third-order valence-electron chi connectivity index (χ3n) is 5.54. The molecule has 0 aromatic heterocycles. The number of para-hydroxylation sites is 2. The lowest BCUT2D eigenvalue weighted by Gasteiger charge is -2.37. The van der Waals surface area contributed by atoms with Crippen LogP contribution in [0.15, 0.2) is 48.5 Å². The first-order valence-corrected chi connectivity index (χ1v) is 10.8. The molecule has 8 nitrogen and oxygen atoms in total. The van der Waals surface area contributed by atoms with Gasteiger partial charge in [-0.2, -0.15) is 0 Å². The SMILES string of the molecule is COc1ccc(OCCCC(=O)N2C[C@H](C(=O)N3CCOCC3)Oc3ccccc32)cc1. The van der Waals surface area contributed by atoms with Crippen molar-refractivity contribution in [2.75, 3.05) is 51.5 Å².